The highest BCUT2D eigenvalue weighted by Gasteiger charge is 2.26. The zero-order valence-corrected chi connectivity index (χ0v) is 15.1. The molecule has 2 heterocycles. The van der Waals surface area contributed by atoms with Crippen LogP contribution >= 0.6 is 0 Å². The van der Waals surface area contributed by atoms with Crippen LogP contribution in [0.25, 0.3) is 5.69 Å². The Morgan fingerprint density at radius 2 is 2.00 bits per heavy atom. The van der Waals surface area contributed by atoms with E-state index in [2.05, 4.69) is 10.1 Å². The molecule has 4 rings (SSSR count). The van der Waals surface area contributed by atoms with Crippen molar-refractivity contribution in [2.45, 2.75) is 18.8 Å². The van der Waals surface area contributed by atoms with E-state index in [0.717, 1.165) is 12.1 Å². The maximum atomic E-state index is 14.2. The largest absolute Gasteiger partial charge is 0.478 e. The van der Waals surface area contributed by atoms with Gasteiger partial charge in [-0.3, -0.25) is 0 Å². The molecule has 150 valence electrons. The number of hydrogen-bond acceptors (Lipinski definition) is 4. The number of carboxylic acid groups (broad SMARTS) is 1. The lowest BCUT2D eigenvalue weighted by Gasteiger charge is -2.08. The number of rotatable bonds is 5. The maximum absolute atomic E-state index is 14.2. The summed E-state index contributed by atoms with van der Waals surface area (Å²) in [6.07, 6.45) is 0.342. The predicted octanol–water partition coefficient (Wildman–Crippen LogP) is 3.48. The summed E-state index contributed by atoms with van der Waals surface area (Å²) >= 11 is 0. The number of nitrogens with zero attached hydrogens (tertiary/aromatic N) is 3. The first-order valence-electron chi connectivity index (χ1n) is 8.93. The van der Waals surface area contributed by atoms with E-state index in [1.54, 1.807) is 6.07 Å². The van der Waals surface area contributed by atoms with Crippen LogP contribution in [0.5, 0.6) is 0 Å². The summed E-state index contributed by atoms with van der Waals surface area (Å²) in [5, 5.41) is 13.7. The molecule has 1 N–H and O–H groups in total. The Labute approximate surface area is 163 Å². The molecule has 9 heteroatoms. The van der Waals surface area contributed by atoms with E-state index >= 15 is 0 Å². The number of carboxylic acids is 1. The van der Waals surface area contributed by atoms with Gasteiger partial charge in [0.25, 0.3) is 0 Å². The van der Waals surface area contributed by atoms with Gasteiger partial charge in [0.15, 0.2) is 17.5 Å². The molecule has 1 saturated heterocycles. The zero-order valence-electron chi connectivity index (χ0n) is 15.1. The normalized spacial score (nSPS) is 16.3. The molecular formula is C20H16F3N3O3. The number of hydrogen-bond donors (Lipinski definition) is 1. The molecule has 0 radical (unpaired) electrons. The Balaban J connectivity index is 1.81. The van der Waals surface area contributed by atoms with Gasteiger partial charge in [0.1, 0.15) is 11.6 Å². The van der Waals surface area contributed by atoms with E-state index in [-0.39, 0.29) is 23.7 Å². The number of ether oxygens (including phenoxy) is 1. The molecule has 0 unspecified atom stereocenters. The first-order chi connectivity index (χ1) is 13.9. The minimum absolute atomic E-state index is 0.0258. The van der Waals surface area contributed by atoms with Crippen molar-refractivity contribution in [2.75, 3.05) is 13.2 Å². The first-order valence-corrected chi connectivity index (χ1v) is 8.93. The quantitative estimate of drug-likeness (QED) is 0.660. The molecule has 0 saturated carbocycles. The highest BCUT2D eigenvalue weighted by Crippen LogP contribution is 2.26. The number of benzene rings is 2. The molecule has 1 fully saturated rings. The van der Waals surface area contributed by atoms with Crippen LogP contribution in [-0.4, -0.2) is 39.1 Å². The molecule has 6 nitrogen and oxygen atoms in total. The summed E-state index contributed by atoms with van der Waals surface area (Å²) in [7, 11) is 0. The molecule has 2 aromatic carbocycles. The molecule has 1 aromatic heterocycles. The first kappa shape index (κ1) is 19.1. The second kappa shape index (κ2) is 7.67. The molecule has 0 amide bonds. The van der Waals surface area contributed by atoms with E-state index < -0.39 is 29.0 Å². The van der Waals surface area contributed by atoms with Crippen LogP contribution in [-0.2, 0) is 11.2 Å². The van der Waals surface area contributed by atoms with E-state index in [1.807, 2.05) is 0 Å². The highest BCUT2D eigenvalue weighted by atomic mass is 19.2. The summed E-state index contributed by atoms with van der Waals surface area (Å²) in [6.45, 7) is 0.970. The fourth-order valence-corrected chi connectivity index (χ4v) is 3.25. The van der Waals surface area contributed by atoms with Crippen LogP contribution in [0.4, 0.5) is 13.2 Å². The van der Waals surface area contributed by atoms with Gasteiger partial charge in [-0.05, 0) is 36.8 Å². The molecular weight excluding hydrogens is 387 g/mol. The molecule has 0 aliphatic carbocycles. The minimum atomic E-state index is -1.29. The van der Waals surface area contributed by atoms with Gasteiger partial charge in [0.05, 0.1) is 17.9 Å². The Morgan fingerprint density at radius 3 is 2.72 bits per heavy atom. The lowest BCUT2D eigenvalue weighted by molar-refractivity contribution is 0.0697. The second-order valence-corrected chi connectivity index (χ2v) is 6.71. The van der Waals surface area contributed by atoms with Crippen LogP contribution in [0.3, 0.4) is 0 Å². The Morgan fingerprint density at radius 1 is 1.21 bits per heavy atom. The SMILES string of the molecule is O=C(O)c1cccc(-n2nc([C@H]3CCOC3)nc2Cc2c(F)ccc(F)c2F)c1. The molecule has 3 aromatic rings. The van der Waals surface area contributed by atoms with Gasteiger partial charge in [-0.2, -0.15) is 5.10 Å². The predicted molar refractivity (Wildman–Crippen MR) is 95.6 cm³/mol. The molecule has 1 atom stereocenters. The van der Waals surface area contributed by atoms with Crippen molar-refractivity contribution in [1.29, 1.82) is 0 Å². The zero-order chi connectivity index (χ0) is 20.5. The van der Waals surface area contributed by atoms with E-state index in [9.17, 15) is 23.1 Å². The summed E-state index contributed by atoms with van der Waals surface area (Å²) in [5.41, 5.74) is -0.0742. The van der Waals surface area contributed by atoms with Gasteiger partial charge in [-0.1, -0.05) is 6.07 Å². The average Bonchev–Trinajstić information content (AvgIpc) is 3.38. The average molecular weight is 403 g/mol. The third-order valence-corrected chi connectivity index (χ3v) is 4.80. The van der Waals surface area contributed by atoms with Crippen LogP contribution in [0.15, 0.2) is 36.4 Å². The van der Waals surface area contributed by atoms with E-state index in [0.29, 0.717) is 31.1 Å². The highest BCUT2D eigenvalue weighted by molar-refractivity contribution is 5.88. The van der Waals surface area contributed by atoms with Crippen LogP contribution in [0, 0.1) is 17.5 Å². The molecule has 0 bridgehead atoms. The Bertz CT molecular complexity index is 1080. The van der Waals surface area contributed by atoms with Crippen molar-refractivity contribution in [3.05, 3.63) is 76.6 Å². The van der Waals surface area contributed by atoms with Crippen molar-refractivity contribution < 1.29 is 27.8 Å². The van der Waals surface area contributed by atoms with Crippen LogP contribution < -0.4 is 0 Å². The van der Waals surface area contributed by atoms with E-state index in [4.69, 9.17) is 4.74 Å². The summed E-state index contributed by atoms with van der Waals surface area (Å²) in [4.78, 5) is 15.7. The fraction of sp³-hybridized carbons (Fsp3) is 0.250. The van der Waals surface area contributed by atoms with Crippen molar-refractivity contribution in [3.8, 4) is 5.69 Å². The Hall–Kier alpha value is -3.20. The fourth-order valence-electron chi connectivity index (χ4n) is 3.25. The Kier molecular flexibility index (Phi) is 5.06. The summed E-state index contributed by atoms with van der Waals surface area (Å²) in [5.74, 6) is -3.97. The van der Waals surface area contributed by atoms with Gasteiger partial charge < -0.3 is 9.84 Å². The lowest BCUT2D eigenvalue weighted by atomic mass is 10.1. The topological polar surface area (TPSA) is 77.2 Å². The number of carbonyl (C=O) groups is 1. The van der Waals surface area contributed by atoms with Gasteiger partial charge in [0, 0.05) is 24.5 Å². The van der Waals surface area contributed by atoms with Crippen LogP contribution in [0.2, 0.25) is 0 Å². The maximum Gasteiger partial charge on any atom is 0.335 e. The third-order valence-electron chi connectivity index (χ3n) is 4.80. The second-order valence-electron chi connectivity index (χ2n) is 6.71. The standard InChI is InChI=1S/C20H16F3N3O3/c21-15-4-5-16(22)18(23)14(15)9-17-24-19(12-6-7-29-10-12)25-26(17)13-3-1-2-11(8-13)20(27)28/h1-5,8,12H,6-7,9-10H2,(H,27,28)/t12-/m0/s1. The van der Waals surface area contributed by atoms with Crippen molar-refractivity contribution in [2.24, 2.45) is 0 Å². The smallest absolute Gasteiger partial charge is 0.335 e. The number of halogens is 3. The van der Waals surface area contributed by atoms with Gasteiger partial charge in [-0.15, -0.1) is 0 Å². The molecule has 1 aliphatic rings. The molecule has 0 spiro atoms. The monoisotopic (exact) mass is 403 g/mol. The third kappa shape index (κ3) is 3.73. The van der Waals surface area contributed by atoms with E-state index in [1.165, 1.54) is 22.9 Å². The van der Waals surface area contributed by atoms with Gasteiger partial charge in [0.2, 0.25) is 0 Å². The van der Waals surface area contributed by atoms with Crippen molar-refractivity contribution in [1.82, 2.24) is 14.8 Å². The lowest BCUT2D eigenvalue weighted by Crippen LogP contribution is -2.08. The van der Waals surface area contributed by atoms with Gasteiger partial charge >= 0.3 is 5.97 Å². The number of aromatic carboxylic acids is 1. The summed E-state index contributed by atoms with van der Waals surface area (Å²) < 4.78 is 48.7. The van der Waals surface area contributed by atoms with Crippen molar-refractivity contribution >= 4 is 5.97 Å². The minimum Gasteiger partial charge on any atom is -0.478 e. The number of aromatic nitrogens is 3. The van der Waals surface area contributed by atoms with Crippen molar-refractivity contribution in [3.63, 3.8) is 0 Å². The van der Waals surface area contributed by atoms with Crippen LogP contribution in [0.1, 0.15) is 39.9 Å². The molecule has 1 aliphatic heterocycles. The molecule has 29 heavy (non-hydrogen) atoms. The summed E-state index contributed by atoms with van der Waals surface area (Å²) in [6, 6.07) is 7.51. The van der Waals surface area contributed by atoms with Gasteiger partial charge in [-0.25, -0.2) is 27.6 Å².